The van der Waals surface area contributed by atoms with Crippen molar-refractivity contribution in [1.29, 1.82) is 0 Å². The first kappa shape index (κ1) is 23.9. The average Bonchev–Trinajstić information content (AvgIpc) is 3.11. The van der Waals surface area contributed by atoms with E-state index in [2.05, 4.69) is 0 Å². The number of ketones is 1. The van der Waals surface area contributed by atoms with Gasteiger partial charge in [-0.3, -0.25) is 9.59 Å². The summed E-state index contributed by atoms with van der Waals surface area (Å²) < 4.78 is 51.0. The Balaban J connectivity index is 1.66. The number of piperidine rings is 1. The van der Waals surface area contributed by atoms with Crippen molar-refractivity contribution < 1.29 is 26.4 Å². The maximum Gasteiger partial charge on any atom is 0.243 e. The van der Waals surface area contributed by atoms with E-state index in [1.165, 1.54) is 35.5 Å². The highest BCUT2D eigenvalue weighted by Gasteiger charge is 2.38. The standard InChI is InChI=1S/C21H30N2O6S2/c1-3-11-23(19-10-14-30(26,27)15-19)21(25)18-8-12-22(13-9-18)31(28,29)20-6-4-17(5-7-20)16(2)24/h4-7,18-19H,3,8-15H2,1-2H3. The summed E-state index contributed by atoms with van der Waals surface area (Å²) in [5, 5.41) is 0. The Kier molecular flexibility index (Phi) is 7.22. The lowest BCUT2D eigenvalue weighted by atomic mass is 9.95. The Morgan fingerprint density at radius 3 is 2.19 bits per heavy atom. The molecule has 1 aromatic rings. The lowest BCUT2D eigenvalue weighted by Gasteiger charge is -2.35. The van der Waals surface area contributed by atoms with E-state index in [4.69, 9.17) is 0 Å². The minimum Gasteiger partial charge on any atom is -0.338 e. The second-order valence-electron chi connectivity index (χ2n) is 8.35. The van der Waals surface area contributed by atoms with Gasteiger partial charge in [0.2, 0.25) is 15.9 Å². The number of hydrogen-bond acceptors (Lipinski definition) is 6. The number of carbonyl (C=O) groups is 2. The summed E-state index contributed by atoms with van der Waals surface area (Å²) in [6, 6.07) is 5.60. The lowest BCUT2D eigenvalue weighted by Crippen LogP contribution is -2.48. The summed E-state index contributed by atoms with van der Waals surface area (Å²) in [5.74, 6) is -0.366. The van der Waals surface area contributed by atoms with Crippen LogP contribution in [0.2, 0.25) is 0 Å². The molecule has 0 aromatic heterocycles. The van der Waals surface area contributed by atoms with E-state index in [0.29, 0.717) is 31.4 Å². The lowest BCUT2D eigenvalue weighted by molar-refractivity contribution is -0.138. The van der Waals surface area contributed by atoms with E-state index >= 15 is 0 Å². The Bertz CT molecular complexity index is 1030. The molecule has 2 heterocycles. The van der Waals surface area contributed by atoms with Gasteiger partial charge in [-0.15, -0.1) is 0 Å². The largest absolute Gasteiger partial charge is 0.338 e. The minimum absolute atomic E-state index is 0.0161. The second-order valence-corrected chi connectivity index (χ2v) is 12.5. The third-order valence-corrected chi connectivity index (χ3v) is 9.76. The predicted molar refractivity (Wildman–Crippen MR) is 117 cm³/mol. The highest BCUT2D eigenvalue weighted by atomic mass is 32.2. The van der Waals surface area contributed by atoms with E-state index in [9.17, 15) is 26.4 Å². The topological polar surface area (TPSA) is 109 Å². The Labute approximate surface area is 184 Å². The monoisotopic (exact) mass is 470 g/mol. The SMILES string of the molecule is CCCN(C(=O)C1CCN(S(=O)(=O)c2ccc(C(C)=O)cc2)CC1)C1CCS(=O)(=O)C1. The zero-order valence-electron chi connectivity index (χ0n) is 18.0. The van der Waals surface area contributed by atoms with Gasteiger partial charge in [-0.2, -0.15) is 4.31 Å². The smallest absolute Gasteiger partial charge is 0.243 e. The van der Waals surface area contributed by atoms with Crippen LogP contribution < -0.4 is 0 Å². The highest BCUT2D eigenvalue weighted by molar-refractivity contribution is 7.91. The molecule has 3 rings (SSSR count). The summed E-state index contributed by atoms with van der Waals surface area (Å²) in [4.78, 5) is 26.4. The van der Waals surface area contributed by atoms with Crippen LogP contribution >= 0.6 is 0 Å². The van der Waals surface area contributed by atoms with E-state index < -0.39 is 19.9 Å². The van der Waals surface area contributed by atoms with Crippen LogP contribution in [0.4, 0.5) is 0 Å². The number of rotatable bonds is 7. The highest BCUT2D eigenvalue weighted by Crippen LogP contribution is 2.28. The molecular formula is C21H30N2O6S2. The molecule has 0 spiro atoms. The normalized spacial score (nSPS) is 22.3. The summed E-state index contributed by atoms with van der Waals surface area (Å²) in [7, 11) is -6.79. The fourth-order valence-electron chi connectivity index (χ4n) is 4.32. The maximum atomic E-state index is 13.1. The van der Waals surface area contributed by atoms with Gasteiger partial charge in [0.1, 0.15) is 0 Å². The van der Waals surface area contributed by atoms with E-state index in [1.807, 2.05) is 6.92 Å². The van der Waals surface area contributed by atoms with Gasteiger partial charge in [-0.05, 0) is 44.7 Å². The van der Waals surface area contributed by atoms with Crippen LogP contribution in [0, 0.1) is 5.92 Å². The van der Waals surface area contributed by atoms with E-state index in [0.717, 1.165) is 6.42 Å². The third kappa shape index (κ3) is 5.35. The fourth-order valence-corrected chi connectivity index (χ4v) is 7.52. The molecule has 0 aliphatic carbocycles. The first-order valence-electron chi connectivity index (χ1n) is 10.7. The molecule has 0 radical (unpaired) electrons. The van der Waals surface area contributed by atoms with Crippen molar-refractivity contribution >= 4 is 31.6 Å². The van der Waals surface area contributed by atoms with E-state index in [-0.39, 0.29) is 53.1 Å². The number of carbonyl (C=O) groups excluding carboxylic acids is 2. The molecule has 0 N–H and O–H groups in total. The Morgan fingerprint density at radius 1 is 1.10 bits per heavy atom. The molecule has 2 saturated heterocycles. The van der Waals surface area contributed by atoms with E-state index in [1.54, 1.807) is 4.90 Å². The summed E-state index contributed by atoms with van der Waals surface area (Å²) >= 11 is 0. The third-order valence-electron chi connectivity index (χ3n) is 6.10. The van der Waals surface area contributed by atoms with Gasteiger partial charge < -0.3 is 4.90 Å². The quantitative estimate of drug-likeness (QED) is 0.561. The van der Waals surface area contributed by atoms with Crippen molar-refractivity contribution in [2.75, 3.05) is 31.1 Å². The first-order valence-corrected chi connectivity index (χ1v) is 13.9. The number of nitrogens with zero attached hydrogens (tertiary/aromatic N) is 2. The molecule has 172 valence electrons. The van der Waals surface area contributed by atoms with Crippen LogP contribution in [-0.4, -0.2) is 74.9 Å². The van der Waals surface area contributed by atoms with Crippen molar-refractivity contribution in [1.82, 2.24) is 9.21 Å². The molecule has 2 fully saturated rings. The molecule has 2 aliphatic heterocycles. The van der Waals surface area contributed by atoms with Crippen molar-refractivity contribution in [3.8, 4) is 0 Å². The van der Waals surface area contributed by atoms with Gasteiger partial charge >= 0.3 is 0 Å². The molecule has 0 bridgehead atoms. The Hall–Kier alpha value is -1.78. The molecule has 1 unspecified atom stereocenters. The number of amides is 1. The molecular weight excluding hydrogens is 440 g/mol. The molecule has 0 saturated carbocycles. The van der Waals surface area contributed by atoms with Crippen molar-refractivity contribution in [2.45, 2.75) is 50.5 Å². The molecule has 1 amide bonds. The van der Waals surface area contributed by atoms with Crippen LogP contribution in [0.15, 0.2) is 29.2 Å². The average molecular weight is 471 g/mol. The number of sulfonamides is 1. The van der Waals surface area contributed by atoms with Crippen molar-refractivity contribution in [3.63, 3.8) is 0 Å². The molecule has 1 atom stereocenters. The number of sulfone groups is 1. The zero-order valence-corrected chi connectivity index (χ0v) is 19.6. The van der Waals surface area contributed by atoms with Gasteiger partial charge in [0, 0.05) is 37.2 Å². The Morgan fingerprint density at radius 2 is 1.71 bits per heavy atom. The van der Waals surface area contributed by atoms with Crippen LogP contribution in [0.25, 0.3) is 0 Å². The van der Waals surface area contributed by atoms with Gasteiger partial charge in [-0.25, -0.2) is 16.8 Å². The summed E-state index contributed by atoms with van der Waals surface area (Å²) in [6.07, 6.45) is 2.02. The van der Waals surface area contributed by atoms with Gasteiger partial charge in [0.25, 0.3) is 0 Å². The van der Waals surface area contributed by atoms with Gasteiger partial charge in [0.15, 0.2) is 15.6 Å². The zero-order chi connectivity index (χ0) is 22.8. The molecule has 1 aromatic carbocycles. The van der Waals surface area contributed by atoms with Gasteiger partial charge in [-0.1, -0.05) is 19.1 Å². The molecule has 8 nitrogen and oxygen atoms in total. The molecule has 31 heavy (non-hydrogen) atoms. The van der Waals surface area contributed by atoms with Crippen molar-refractivity contribution in [2.24, 2.45) is 5.92 Å². The van der Waals surface area contributed by atoms with Crippen molar-refractivity contribution in [3.05, 3.63) is 29.8 Å². The number of Topliss-reactive ketones (excluding diaryl/α,β-unsaturated/α-hetero) is 1. The summed E-state index contributed by atoms with van der Waals surface area (Å²) in [6.45, 7) is 4.36. The van der Waals surface area contributed by atoms with Crippen LogP contribution in [0.5, 0.6) is 0 Å². The number of hydrogen-bond donors (Lipinski definition) is 0. The summed E-state index contributed by atoms with van der Waals surface area (Å²) in [5.41, 5.74) is 0.452. The number of benzene rings is 1. The van der Waals surface area contributed by atoms with Crippen LogP contribution in [-0.2, 0) is 24.7 Å². The second kappa shape index (κ2) is 9.38. The molecule has 10 heteroatoms. The van der Waals surface area contributed by atoms with Crippen LogP contribution in [0.1, 0.15) is 49.9 Å². The molecule has 2 aliphatic rings. The van der Waals surface area contributed by atoms with Gasteiger partial charge in [0.05, 0.1) is 16.4 Å². The fraction of sp³-hybridized carbons (Fsp3) is 0.619. The van der Waals surface area contributed by atoms with Crippen LogP contribution in [0.3, 0.4) is 0 Å². The predicted octanol–water partition coefficient (Wildman–Crippen LogP) is 1.72. The minimum atomic E-state index is -3.70. The maximum absolute atomic E-state index is 13.1. The first-order chi connectivity index (χ1) is 14.5.